The van der Waals surface area contributed by atoms with Gasteiger partial charge in [-0.25, -0.2) is 0 Å². The highest BCUT2D eigenvalue weighted by atomic mass is 19.4. The number of alkyl halides is 3. The number of nitrogens with two attached hydrogens (primary N) is 1. The Morgan fingerprint density at radius 1 is 1.43 bits per heavy atom. The summed E-state index contributed by atoms with van der Waals surface area (Å²) in [6.45, 7) is 3.05. The monoisotopic (exact) mass is 213 g/mol. The summed E-state index contributed by atoms with van der Waals surface area (Å²) in [5.74, 6) is -2.20. The van der Waals surface area contributed by atoms with E-state index in [4.69, 9.17) is 5.73 Å². The number of hydrogen-bond donors (Lipinski definition) is 1. The van der Waals surface area contributed by atoms with E-state index in [9.17, 15) is 18.0 Å². The van der Waals surface area contributed by atoms with Crippen LogP contribution >= 0.6 is 0 Å². The molecule has 0 aromatic heterocycles. The Hall–Kier alpha value is -0.780. The molecule has 0 bridgehead atoms. The number of rotatable bonds is 4. The summed E-state index contributed by atoms with van der Waals surface area (Å²) < 4.78 is 41.0. The highest BCUT2D eigenvalue weighted by molar-refractivity contribution is 5.73. The normalized spacial score (nSPS) is 16.1. The number of halogens is 3. The summed E-state index contributed by atoms with van der Waals surface area (Å²) in [4.78, 5) is 11.1. The minimum Gasteiger partial charge on any atom is -0.466 e. The number of hydrogen-bond acceptors (Lipinski definition) is 3. The summed E-state index contributed by atoms with van der Waals surface area (Å²) in [7, 11) is 0. The fraction of sp³-hybridized carbons (Fsp3) is 0.875. The van der Waals surface area contributed by atoms with Crippen molar-refractivity contribution in [3.63, 3.8) is 0 Å². The molecule has 2 atom stereocenters. The second-order valence-electron chi connectivity index (χ2n) is 2.83. The molecule has 0 amide bonds. The first-order valence-corrected chi connectivity index (χ1v) is 4.33. The molecule has 0 unspecified atom stereocenters. The molecule has 14 heavy (non-hydrogen) atoms. The maximum Gasteiger partial charge on any atom is 0.404 e. The van der Waals surface area contributed by atoms with E-state index in [1.165, 1.54) is 13.8 Å². The summed E-state index contributed by atoms with van der Waals surface area (Å²) >= 11 is 0. The smallest absolute Gasteiger partial charge is 0.404 e. The maximum atomic E-state index is 12.2. The van der Waals surface area contributed by atoms with Crippen LogP contribution in [-0.4, -0.2) is 24.8 Å². The minimum atomic E-state index is -4.56. The van der Waals surface area contributed by atoms with Crippen LogP contribution in [0.2, 0.25) is 0 Å². The third-order valence-electron chi connectivity index (χ3n) is 1.84. The molecule has 3 nitrogen and oxygen atoms in total. The predicted molar refractivity (Wildman–Crippen MR) is 44.4 cm³/mol. The molecule has 0 saturated heterocycles. The van der Waals surface area contributed by atoms with Crippen molar-refractivity contribution in [2.24, 2.45) is 11.7 Å². The SMILES string of the molecule is CCOC(=O)[C@H](CC)[C@@H](N)C(F)(F)F. The van der Waals surface area contributed by atoms with Crippen molar-refractivity contribution < 1.29 is 22.7 Å². The van der Waals surface area contributed by atoms with Gasteiger partial charge in [0.25, 0.3) is 0 Å². The van der Waals surface area contributed by atoms with Gasteiger partial charge >= 0.3 is 12.1 Å². The van der Waals surface area contributed by atoms with Gasteiger partial charge in [-0.3, -0.25) is 4.79 Å². The first kappa shape index (κ1) is 13.2. The molecule has 0 aromatic carbocycles. The summed E-state index contributed by atoms with van der Waals surface area (Å²) in [5, 5.41) is 0. The lowest BCUT2D eigenvalue weighted by Crippen LogP contribution is -2.47. The molecule has 2 N–H and O–H groups in total. The van der Waals surface area contributed by atoms with Crippen LogP contribution in [0.25, 0.3) is 0 Å². The Labute approximate surface area is 80.4 Å². The largest absolute Gasteiger partial charge is 0.466 e. The Balaban J connectivity index is 4.48. The van der Waals surface area contributed by atoms with Gasteiger partial charge in [-0.15, -0.1) is 0 Å². The van der Waals surface area contributed by atoms with Crippen molar-refractivity contribution in [3.05, 3.63) is 0 Å². The molecule has 84 valence electrons. The van der Waals surface area contributed by atoms with E-state index >= 15 is 0 Å². The molecule has 0 radical (unpaired) electrons. The van der Waals surface area contributed by atoms with E-state index in [1.807, 2.05) is 0 Å². The van der Waals surface area contributed by atoms with Gasteiger partial charge in [-0.05, 0) is 13.3 Å². The number of ether oxygens (including phenoxy) is 1. The quantitative estimate of drug-likeness (QED) is 0.719. The average Bonchev–Trinajstić information content (AvgIpc) is 2.04. The van der Waals surface area contributed by atoms with Gasteiger partial charge in [0.1, 0.15) is 6.04 Å². The lowest BCUT2D eigenvalue weighted by molar-refractivity contribution is -0.176. The van der Waals surface area contributed by atoms with Crippen molar-refractivity contribution in [2.45, 2.75) is 32.5 Å². The number of carbonyl (C=O) groups is 1. The van der Waals surface area contributed by atoms with Crippen LogP contribution in [0.1, 0.15) is 20.3 Å². The Kier molecular flexibility index (Phi) is 4.90. The highest BCUT2D eigenvalue weighted by Crippen LogP contribution is 2.26. The first-order valence-electron chi connectivity index (χ1n) is 4.33. The molecular formula is C8H14F3NO2. The molecule has 0 heterocycles. The molecule has 0 aliphatic heterocycles. The van der Waals surface area contributed by atoms with Gasteiger partial charge in [-0.2, -0.15) is 13.2 Å². The maximum absolute atomic E-state index is 12.2. The third-order valence-corrected chi connectivity index (χ3v) is 1.84. The Morgan fingerprint density at radius 2 is 1.93 bits per heavy atom. The van der Waals surface area contributed by atoms with Crippen LogP contribution in [0.3, 0.4) is 0 Å². The Morgan fingerprint density at radius 3 is 2.21 bits per heavy atom. The molecule has 0 saturated carbocycles. The van der Waals surface area contributed by atoms with E-state index < -0.39 is 24.1 Å². The van der Waals surface area contributed by atoms with Crippen LogP contribution in [0, 0.1) is 5.92 Å². The number of carbonyl (C=O) groups excluding carboxylic acids is 1. The lowest BCUT2D eigenvalue weighted by Gasteiger charge is -2.22. The van der Waals surface area contributed by atoms with Crippen LogP contribution in [0.15, 0.2) is 0 Å². The second kappa shape index (κ2) is 5.19. The molecular weight excluding hydrogens is 199 g/mol. The summed E-state index contributed by atoms with van der Waals surface area (Å²) in [6, 6.07) is -2.15. The van der Waals surface area contributed by atoms with Crippen LogP contribution in [0.5, 0.6) is 0 Å². The van der Waals surface area contributed by atoms with E-state index in [0.29, 0.717) is 0 Å². The van der Waals surface area contributed by atoms with E-state index in [2.05, 4.69) is 4.74 Å². The zero-order valence-electron chi connectivity index (χ0n) is 8.10. The van der Waals surface area contributed by atoms with E-state index in [-0.39, 0.29) is 13.0 Å². The van der Waals surface area contributed by atoms with Crippen molar-refractivity contribution in [3.8, 4) is 0 Å². The van der Waals surface area contributed by atoms with Gasteiger partial charge < -0.3 is 10.5 Å². The number of esters is 1. The zero-order valence-corrected chi connectivity index (χ0v) is 8.10. The van der Waals surface area contributed by atoms with Gasteiger partial charge in [-0.1, -0.05) is 6.92 Å². The van der Waals surface area contributed by atoms with E-state index in [0.717, 1.165) is 0 Å². The third kappa shape index (κ3) is 3.53. The van der Waals surface area contributed by atoms with Gasteiger partial charge in [0.05, 0.1) is 12.5 Å². The first-order chi connectivity index (χ1) is 6.34. The Bertz CT molecular complexity index is 194. The molecule has 0 aliphatic rings. The van der Waals surface area contributed by atoms with Crippen LogP contribution in [0.4, 0.5) is 13.2 Å². The molecule has 0 fully saturated rings. The topological polar surface area (TPSA) is 52.3 Å². The van der Waals surface area contributed by atoms with Crippen LogP contribution in [-0.2, 0) is 9.53 Å². The highest BCUT2D eigenvalue weighted by Gasteiger charge is 2.44. The van der Waals surface area contributed by atoms with E-state index in [1.54, 1.807) is 0 Å². The average molecular weight is 213 g/mol. The minimum absolute atomic E-state index is 0.0134. The van der Waals surface area contributed by atoms with Gasteiger partial charge in [0.15, 0.2) is 0 Å². The molecule has 0 aromatic rings. The second-order valence-corrected chi connectivity index (χ2v) is 2.83. The molecule has 0 rings (SSSR count). The standard InChI is InChI=1S/C8H14F3NO2/c1-3-5(7(13)14-4-2)6(12)8(9,10)11/h5-6H,3-4,12H2,1-2H3/t5-,6-/m1/s1. The summed E-state index contributed by atoms with van der Waals surface area (Å²) in [6.07, 6.45) is -4.55. The van der Waals surface area contributed by atoms with Crippen molar-refractivity contribution in [1.29, 1.82) is 0 Å². The lowest BCUT2D eigenvalue weighted by atomic mass is 9.97. The van der Waals surface area contributed by atoms with Crippen LogP contribution < -0.4 is 5.73 Å². The molecule has 0 spiro atoms. The zero-order chi connectivity index (χ0) is 11.4. The van der Waals surface area contributed by atoms with Crippen molar-refractivity contribution in [2.75, 3.05) is 6.61 Å². The fourth-order valence-electron chi connectivity index (χ4n) is 1.04. The van der Waals surface area contributed by atoms with Gasteiger partial charge in [0.2, 0.25) is 0 Å². The molecule has 6 heteroatoms. The van der Waals surface area contributed by atoms with Crippen molar-refractivity contribution in [1.82, 2.24) is 0 Å². The predicted octanol–water partition coefficient (Wildman–Crippen LogP) is 1.47. The van der Waals surface area contributed by atoms with Crippen molar-refractivity contribution >= 4 is 5.97 Å². The molecule has 0 aliphatic carbocycles. The van der Waals surface area contributed by atoms with Gasteiger partial charge in [0, 0.05) is 0 Å². The summed E-state index contributed by atoms with van der Waals surface area (Å²) in [5.41, 5.74) is 4.91. The fourth-order valence-corrected chi connectivity index (χ4v) is 1.04.